The average Bonchev–Trinajstić information content (AvgIpc) is 3.16. The van der Waals surface area contributed by atoms with Crippen molar-refractivity contribution in [1.29, 1.82) is 0 Å². The van der Waals surface area contributed by atoms with Crippen molar-refractivity contribution in [3.63, 3.8) is 0 Å². The number of thiophene rings is 1. The van der Waals surface area contributed by atoms with Crippen LogP contribution in [-0.2, 0) is 17.6 Å². The van der Waals surface area contributed by atoms with Gasteiger partial charge >= 0.3 is 0 Å². The van der Waals surface area contributed by atoms with Gasteiger partial charge in [0.2, 0.25) is 0 Å². The van der Waals surface area contributed by atoms with E-state index in [0.717, 1.165) is 30.8 Å². The van der Waals surface area contributed by atoms with E-state index in [1.165, 1.54) is 42.5 Å². The van der Waals surface area contributed by atoms with E-state index in [0.29, 0.717) is 32.8 Å². The van der Waals surface area contributed by atoms with Gasteiger partial charge in [-0.2, -0.15) is 0 Å². The molecule has 1 N–H and O–H groups in total. The van der Waals surface area contributed by atoms with E-state index in [1.54, 1.807) is 11.3 Å². The monoisotopic (exact) mass is 378 g/mol. The summed E-state index contributed by atoms with van der Waals surface area (Å²) in [5.41, 5.74) is 0.402. The highest BCUT2D eigenvalue weighted by Gasteiger charge is 2.37. The predicted molar refractivity (Wildman–Crippen MR) is 103 cm³/mol. The van der Waals surface area contributed by atoms with Crippen LogP contribution >= 0.6 is 11.3 Å². The quantitative estimate of drug-likeness (QED) is 0.820. The Morgan fingerprint density at radius 2 is 1.96 bits per heavy atom. The number of aliphatic hydroxyl groups is 1. The lowest BCUT2D eigenvalue weighted by Crippen LogP contribution is -2.52. The third-order valence-corrected chi connectivity index (χ3v) is 7.05. The maximum absolute atomic E-state index is 13.1. The van der Waals surface area contributed by atoms with Crippen LogP contribution in [0.4, 0.5) is 0 Å². The van der Waals surface area contributed by atoms with Crippen LogP contribution in [0.5, 0.6) is 0 Å². The fourth-order valence-corrected chi connectivity index (χ4v) is 5.69. The zero-order chi connectivity index (χ0) is 18.0. The van der Waals surface area contributed by atoms with E-state index in [-0.39, 0.29) is 5.91 Å². The standard InChI is InChI=1S/C20H30N2O3S/c23-19(18-12-16-6-2-1-3-7-17(16)26-18)22-10-11-25-15-20(24,14-22)13-21-8-4-5-9-21/h12,24H,1-11,13-15H2. The van der Waals surface area contributed by atoms with Gasteiger partial charge in [0.1, 0.15) is 5.60 Å². The van der Waals surface area contributed by atoms with Crippen molar-refractivity contribution in [3.8, 4) is 0 Å². The lowest BCUT2D eigenvalue weighted by atomic mass is 10.0. The minimum atomic E-state index is -0.967. The van der Waals surface area contributed by atoms with Crippen molar-refractivity contribution in [2.45, 2.75) is 50.5 Å². The van der Waals surface area contributed by atoms with Crippen molar-refractivity contribution < 1.29 is 14.6 Å². The molecule has 6 heteroatoms. The van der Waals surface area contributed by atoms with Crippen molar-refractivity contribution in [2.75, 3.05) is 45.9 Å². The average molecular weight is 379 g/mol. The zero-order valence-electron chi connectivity index (χ0n) is 15.5. The van der Waals surface area contributed by atoms with Gasteiger partial charge in [0.05, 0.1) is 24.6 Å². The van der Waals surface area contributed by atoms with Gasteiger partial charge in [0.15, 0.2) is 0 Å². The number of rotatable bonds is 3. The first-order chi connectivity index (χ1) is 12.6. The molecule has 2 fully saturated rings. The molecule has 0 radical (unpaired) electrons. The van der Waals surface area contributed by atoms with Crippen LogP contribution < -0.4 is 0 Å². The van der Waals surface area contributed by atoms with E-state index in [9.17, 15) is 9.90 Å². The van der Waals surface area contributed by atoms with E-state index in [2.05, 4.69) is 11.0 Å². The SMILES string of the molecule is O=C(c1cc2c(s1)CCCCC2)N1CCOCC(O)(CN2CCCC2)C1. The summed E-state index contributed by atoms with van der Waals surface area (Å²) in [5.74, 6) is 0.0634. The molecule has 3 heterocycles. The Balaban J connectivity index is 1.47. The van der Waals surface area contributed by atoms with Crippen LogP contribution in [-0.4, -0.2) is 72.4 Å². The Morgan fingerprint density at radius 3 is 2.81 bits per heavy atom. The molecule has 2 aliphatic heterocycles. The van der Waals surface area contributed by atoms with Gasteiger partial charge in [0, 0.05) is 18.0 Å². The number of hydrogen-bond donors (Lipinski definition) is 1. The molecule has 0 spiro atoms. The summed E-state index contributed by atoms with van der Waals surface area (Å²) in [7, 11) is 0. The lowest BCUT2D eigenvalue weighted by Gasteiger charge is -2.33. The van der Waals surface area contributed by atoms with Gasteiger partial charge in [-0.05, 0) is 63.2 Å². The van der Waals surface area contributed by atoms with E-state index >= 15 is 0 Å². The molecule has 0 aromatic carbocycles. The van der Waals surface area contributed by atoms with Crippen LogP contribution in [0, 0.1) is 0 Å². The summed E-state index contributed by atoms with van der Waals surface area (Å²) < 4.78 is 5.67. The normalized spacial score (nSPS) is 27.8. The van der Waals surface area contributed by atoms with E-state index in [4.69, 9.17) is 4.74 Å². The van der Waals surface area contributed by atoms with Crippen molar-refractivity contribution in [2.24, 2.45) is 0 Å². The van der Waals surface area contributed by atoms with Gasteiger partial charge in [-0.15, -0.1) is 11.3 Å². The molecule has 1 aromatic rings. The Labute approximate surface area is 159 Å². The highest BCUT2D eigenvalue weighted by molar-refractivity contribution is 7.14. The zero-order valence-corrected chi connectivity index (χ0v) is 16.4. The van der Waals surface area contributed by atoms with Crippen LogP contribution in [0.2, 0.25) is 0 Å². The summed E-state index contributed by atoms with van der Waals surface area (Å²) in [6.45, 7) is 4.40. The van der Waals surface area contributed by atoms with Crippen LogP contribution in [0.3, 0.4) is 0 Å². The third-order valence-electron chi connectivity index (χ3n) is 5.82. The van der Waals surface area contributed by atoms with Crippen LogP contribution in [0.25, 0.3) is 0 Å². The topological polar surface area (TPSA) is 53.0 Å². The Hall–Kier alpha value is -0.950. The molecular weight excluding hydrogens is 348 g/mol. The van der Waals surface area contributed by atoms with Gasteiger partial charge in [-0.1, -0.05) is 6.42 Å². The van der Waals surface area contributed by atoms with E-state index in [1.807, 2.05) is 4.90 Å². The minimum Gasteiger partial charge on any atom is -0.384 e. The summed E-state index contributed by atoms with van der Waals surface area (Å²) in [4.78, 5) is 19.5. The van der Waals surface area contributed by atoms with Gasteiger partial charge in [-0.3, -0.25) is 4.79 Å². The first-order valence-electron chi connectivity index (χ1n) is 10.1. The van der Waals surface area contributed by atoms with Crippen LogP contribution in [0.15, 0.2) is 6.07 Å². The molecule has 1 aromatic heterocycles. The second-order valence-electron chi connectivity index (χ2n) is 8.11. The van der Waals surface area contributed by atoms with E-state index < -0.39 is 5.60 Å². The van der Waals surface area contributed by atoms with Crippen molar-refractivity contribution >= 4 is 17.2 Å². The van der Waals surface area contributed by atoms with Crippen LogP contribution in [0.1, 0.15) is 52.2 Å². The molecule has 1 amide bonds. The summed E-state index contributed by atoms with van der Waals surface area (Å²) in [5, 5.41) is 11.1. The molecule has 144 valence electrons. The summed E-state index contributed by atoms with van der Waals surface area (Å²) in [6.07, 6.45) is 8.34. The number of nitrogens with zero attached hydrogens (tertiary/aromatic N) is 2. The molecular formula is C20H30N2O3S. The molecule has 26 heavy (non-hydrogen) atoms. The predicted octanol–water partition coefficient (Wildman–Crippen LogP) is 2.32. The molecule has 1 unspecified atom stereocenters. The number of carbonyl (C=O) groups is 1. The summed E-state index contributed by atoms with van der Waals surface area (Å²) >= 11 is 1.67. The maximum atomic E-state index is 13.1. The number of ether oxygens (including phenoxy) is 1. The highest BCUT2D eigenvalue weighted by atomic mass is 32.1. The number of β-amino-alcohol motifs (C(OH)–C–C–N with tert-alkyl or cyclic N) is 1. The molecule has 1 atom stereocenters. The highest BCUT2D eigenvalue weighted by Crippen LogP contribution is 2.30. The minimum absolute atomic E-state index is 0.0634. The number of carbonyl (C=O) groups excluding carboxylic acids is 1. The molecule has 4 rings (SSSR count). The van der Waals surface area contributed by atoms with Gasteiger partial charge < -0.3 is 19.6 Å². The largest absolute Gasteiger partial charge is 0.384 e. The fraction of sp³-hybridized carbons (Fsp3) is 0.750. The first kappa shape index (κ1) is 18.4. The molecule has 5 nitrogen and oxygen atoms in total. The molecule has 0 saturated carbocycles. The molecule has 0 bridgehead atoms. The molecule has 2 saturated heterocycles. The third kappa shape index (κ3) is 4.14. The number of aryl methyl sites for hydroxylation is 2. The number of likely N-dealkylation sites (tertiary alicyclic amines) is 1. The lowest BCUT2D eigenvalue weighted by molar-refractivity contribution is -0.0524. The number of hydrogen-bond acceptors (Lipinski definition) is 5. The number of amides is 1. The van der Waals surface area contributed by atoms with Gasteiger partial charge in [-0.25, -0.2) is 0 Å². The van der Waals surface area contributed by atoms with Gasteiger partial charge in [0.25, 0.3) is 5.91 Å². The maximum Gasteiger partial charge on any atom is 0.264 e. The second kappa shape index (κ2) is 7.97. The Kier molecular flexibility index (Phi) is 5.64. The Bertz CT molecular complexity index is 618. The van der Waals surface area contributed by atoms with Crippen molar-refractivity contribution in [3.05, 3.63) is 21.4 Å². The molecule has 3 aliphatic rings. The van der Waals surface area contributed by atoms with Crippen molar-refractivity contribution in [1.82, 2.24) is 9.80 Å². The molecule has 1 aliphatic carbocycles. The smallest absolute Gasteiger partial charge is 0.264 e. The Morgan fingerprint density at radius 1 is 1.15 bits per heavy atom. The first-order valence-corrected chi connectivity index (χ1v) is 10.9. The fourth-order valence-electron chi connectivity index (χ4n) is 4.47. The second-order valence-corrected chi connectivity index (χ2v) is 9.24. The number of fused-ring (bicyclic) bond motifs is 1. The summed E-state index contributed by atoms with van der Waals surface area (Å²) in [6, 6.07) is 2.11.